The van der Waals surface area contributed by atoms with Crippen LogP contribution in [0.4, 0.5) is 4.39 Å². The first kappa shape index (κ1) is 7.55. The molecule has 0 fully saturated rings. The molecule has 0 bridgehead atoms. The highest BCUT2D eigenvalue weighted by Crippen LogP contribution is 2.33. The van der Waals surface area contributed by atoms with E-state index in [9.17, 15) is 4.39 Å². The third-order valence-electron chi connectivity index (χ3n) is 2.33. The molecule has 2 nitrogen and oxygen atoms in total. The molecule has 0 radical (unpaired) electrons. The molecular formula is C9H10FNO. The summed E-state index contributed by atoms with van der Waals surface area (Å²) >= 11 is 0. The van der Waals surface area contributed by atoms with Crippen molar-refractivity contribution in [3.63, 3.8) is 0 Å². The Morgan fingerprint density at radius 3 is 3.00 bits per heavy atom. The largest absolute Gasteiger partial charge is 0.505 e. The zero-order valence-electron chi connectivity index (χ0n) is 6.55. The molecule has 0 aromatic heterocycles. The second-order valence-corrected chi connectivity index (χ2v) is 3.15. The van der Waals surface area contributed by atoms with Crippen LogP contribution in [-0.2, 0) is 6.42 Å². The lowest BCUT2D eigenvalue weighted by atomic mass is 10.1. The maximum absolute atomic E-state index is 12.8. The Labute approximate surface area is 69.8 Å². The van der Waals surface area contributed by atoms with Gasteiger partial charge in [-0.3, -0.25) is 0 Å². The van der Waals surface area contributed by atoms with Crippen LogP contribution in [0.15, 0.2) is 12.1 Å². The Hall–Kier alpha value is -1.09. The van der Waals surface area contributed by atoms with Crippen molar-refractivity contribution in [2.75, 3.05) is 0 Å². The van der Waals surface area contributed by atoms with E-state index in [2.05, 4.69) is 0 Å². The normalized spacial score (nSPS) is 21.0. The maximum Gasteiger partial charge on any atom is 0.165 e. The molecule has 1 unspecified atom stereocenters. The monoisotopic (exact) mass is 167 g/mol. The van der Waals surface area contributed by atoms with E-state index in [1.165, 1.54) is 12.1 Å². The number of halogens is 1. The highest BCUT2D eigenvalue weighted by molar-refractivity contribution is 5.40. The van der Waals surface area contributed by atoms with Gasteiger partial charge in [0.1, 0.15) is 0 Å². The SMILES string of the molecule is NC1CCc2cc(O)c(F)cc21. The van der Waals surface area contributed by atoms with E-state index >= 15 is 0 Å². The van der Waals surface area contributed by atoms with Gasteiger partial charge < -0.3 is 10.8 Å². The van der Waals surface area contributed by atoms with E-state index in [0.717, 1.165) is 24.0 Å². The number of nitrogens with two attached hydrogens (primary N) is 1. The lowest BCUT2D eigenvalue weighted by Crippen LogP contribution is -2.05. The number of fused-ring (bicyclic) bond motifs is 1. The fourth-order valence-corrected chi connectivity index (χ4v) is 1.65. The number of rotatable bonds is 0. The summed E-state index contributed by atoms with van der Waals surface area (Å²) in [5, 5.41) is 9.05. The van der Waals surface area contributed by atoms with Crippen molar-refractivity contribution in [2.45, 2.75) is 18.9 Å². The average molecular weight is 167 g/mol. The van der Waals surface area contributed by atoms with Gasteiger partial charge in [0.15, 0.2) is 11.6 Å². The fraction of sp³-hybridized carbons (Fsp3) is 0.333. The van der Waals surface area contributed by atoms with Crippen LogP contribution in [0, 0.1) is 5.82 Å². The van der Waals surface area contributed by atoms with Gasteiger partial charge in [0.05, 0.1) is 0 Å². The molecular weight excluding hydrogens is 157 g/mol. The van der Waals surface area contributed by atoms with Gasteiger partial charge in [0.2, 0.25) is 0 Å². The molecule has 0 amide bonds. The lowest BCUT2D eigenvalue weighted by molar-refractivity contribution is 0.431. The number of hydrogen-bond acceptors (Lipinski definition) is 2. The van der Waals surface area contributed by atoms with Gasteiger partial charge in [-0.25, -0.2) is 4.39 Å². The summed E-state index contributed by atoms with van der Waals surface area (Å²) < 4.78 is 12.8. The molecule has 2 rings (SSSR count). The van der Waals surface area contributed by atoms with Crippen LogP contribution in [0.3, 0.4) is 0 Å². The van der Waals surface area contributed by atoms with Crippen LogP contribution in [0.25, 0.3) is 0 Å². The van der Waals surface area contributed by atoms with Crippen molar-refractivity contribution in [1.29, 1.82) is 0 Å². The summed E-state index contributed by atoms with van der Waals surface area (Å²) in [5.74, 6) is -0.853. The molecule has 0 saturated carbocycles. The van der Waals surface area contributed by atoms with Crippen LogP contribution in [0.5, 0.6) is 5.75 Å². The van der Waals surface area contributed by atoms with Crippen LogP contribution in [-0.4, -0.2) is 5.11 Å². The number of aryl methyl sites for hydroxylation is 1. The van der Waals surface area contributed by atoms with E-state index in [-0.39, 0.29) is 11.8 Å². The summed E-state index contributed by atoms with van der Waals surface area (Å²) in [4.78, 5) is 0. The zero-order chi connectivity index (χ0) is 8.72. The number of benzene rings is 1. The topological polar surface area (TPSA) is 46.2 Å². The predicted molar refractivity (Wildman–Crippen MR) is 43.3 cm³/mol. The third-order valence-corrected chi connectivity index (χ3v) is 2.33. The Kier molecular flexibility index (Phi) is 1.54. The van der Waals surface area contributed by atoms with Gasteiger partial charge in [-0.05, 0) is 36.1 Å². The van der Waals surface area contributed by atoms with Crippen molar-refractivity contribution in [3.8, 4) is 5.75 Å². The fourth-order valence-electron chi connectivity index (χ4n) is 1.65. The molecule has 3 heteroatoms. The van der Waals surface area contributed by atoms with E-state index in [1.807, 2.05) is 0 Å². The van der Waals surface area contributed by atoms with Crippen LogP contribution in [0.1, 0.15) is 23.6 Å². The molecule has 1 atom stereocenters. The molecule has 1 aromatic carbocycles. The molecule has 12 heavy (non-hydrogen) atoms. The van der Waals surface area contributed by atoms with Gasteiger partial charge >= 0.3 is 0 Å². The molecule has 1 aliphatic rings. The van der Waals surface area contributed by atoms with Crippen molar-refractivity contribution in [1.82, 2.24) is 0 Å². The van der Waals surface area contributed by atoms with Crippen molar-refractivity contribution >= 4 is 0 Å². The van der Waals surface area contributed by atoms with Gasteiger partial charge in [-0.2, -0.15) is 0 Å². The first-order valence-corrected chi connectivity index (χ1v) is 3.95. The molecule has 1 aromatic rings. The molecule has 1 aliphatic carbocycles. The summed E-state index contributed by atoms with van der Waals surface area (Å²) in [6.45, 7) is 0. The van der Waals surface area contributed by atoms with Crippen LogP contribution < -0.4 is 5.73 Å². The minimum atomic E-state index is -0.578. The van der Waals surface area contributed by atoms with Gasteiger partial charge in [0, 0.05) is 6.04 Å². The smallest absolute Gasteiger partial charge is 0.165 e. The van der Waals surface area contributed by atoms with E-state index in [4.69, 9.17) is 10.8 Å². The second-order valence-electron chi connectivity index (χ2n) is 3.15. The minimum absolute atomic E-state index is 0.0601. The van der Waals surface area contributed by atoms with Gasteiger partial charge in [-0.1, -0.05) is 0 Å². The van der Waals surface area contributed by atoms with Crippen molar-refractivity contribution < 1.29 is 9.50 Å². The van der Waals surface area contributed by atoms with E-state index < -0.39 is 5.82 Å². The van der Waals surface area contributed by atoms with Gasteiger partial charge in [-0.15, -0.1) is 0 Å². The van der Waals surface area contributed by atoms with Crippen LogP contribution >= 0.6 is 0 Å². The highest BCUT2D eigenvalue weighted by atomic mass is 19.1. The summed E-state index contributed by atoms with van der Waals surface area (Å²) in [6.07, 6.45) is 1.68. The zero-order valence-corrected chi connectivity index (χ0v) is 6.55. The van der Waals surface area contributed by atoms with E-state index in [1.54, 1.807) is 0 Å². The molecule has 0 aliphatic heterocycles. The Morgan fingerprint density at radius 1 is 1.50 bits per heavy atom. The molecule has 64 valence electrons. The number of hydrogen-bond donors (Lipinski definition) is 2. The molecule has 0 spiro atoms. The predicted octanol–water partition coefficient (Wildman–Crippen LogP) is 1.48. The standard InChI is InChI=1S/C9H10FNO/c10-7-4-6-5(3-9(7)12)1-2-8(6)11/h3-4,8,12H,1-2,11H2. The van der Waals surface area contributed by atoms with E-state index in [0.29, 0.717) is 0 Å². The Bertz CT molecular complexity index is 325. The Morgan fingerprint density at radius 2 is 2.25 bits per heavy atom. The number of aromatic hydroxyl groups is 1. The number of phenols is 1. The van der Waals surface area contributed by atoms with Gasteiger partial charge in [0.25, 0.3) is 0 Å². The third kappa shape index (κ3) is 0.975. The first-order chi connectivity index (χ1) is 5.68. The summed E-state index contributed by atoms with van der Waals surface area (Å²) in [7, 11) is 0. The molecule has 0 heterocycles. The second kappa shape index (κ2) is 2.45. The Balaban J connectivity index is 2.56. The number of phenolic OH excluding ortho intramolecular Hbond substituents is 1. The summed E-state index contributed by atoms with van der Waals surface area (Å²) in [6, 6.07) is 2.75. The first-order valence-electron chi connectivity index (χ1n) is 3.95. The minimum Gasteiger partial charge on any atom is -0.505 e. The summed E-state index contributed by atoms with van der Waals surface area (Å²) in [5.41, 5.74) is 7.53. The average Bonchev–Trinajstić information content (AvgIpc) is 2.35. The quantitative estimate of drug-likeness (QED) is 0.614. The lowest BCUT2D eigenvalue weighted by Gasteiger charge is -2.04. The van der Waals surface area contributed by atoms with Crippen molar-refractivity contribution in [2.24, 2.45) is 5.73 Å². The van der Waals surface area contributed by atoms with Crippen molar-refractivity contribution in [3.05, 3.63) is 29.1 Å². The van der Waals surface area contributed by atoms with Crippen LogP contribution in [0.2, 0.25) is 0 Å². The maximum atomic E-state index is 12.8. The molecule has 0 saturated heterocycles. The molecule has 3 N–H and O–H groups in total. The highest BCUT2D eigenvalue weighted by Gasteiger charge is 2.20.